The van der Waals surface area contributed by atoms with Crippen LogP contribution in [0, 0.1) is 0 Å². The Morgan fingerprint density at radius 1 is 1.47 bits per heavy atom. The van der Waals surface area contributed by atoms with E-state index in [0.717, 1.165) is 25.7 Å². The van der Waals surface area contributed by atoms with Crippen molar-refractivity contribution in [1.82, 2.24) is 4.90 Å². The fraction of sp³-hybridized carbons (Fsp3) is 1.00. The molecule has 0 saturated carbocycles. The number of sulfone groups is 1. The lowest BCUT2D eigenvalue weighted by Crippen LogP contribution is -2.58. The van der Waals surface area contributed by atoms with Gasteiger partial charge in [0.2, 0.25) is 0 Å². The minimum atomic E-state index is -2.93. The van der Waals surface area contributed by atoms with Gasteiger partial charge in [-0.3, -0.25) is 4.90 Å². The molecule has 0 aromatic rings. The number of rotatable bonds is 7. The molecule has 0 spiro atoms. The van der Waals surface area contributed by atoms with Gasteiger partial charge in [-0.1, -0.05) is 13.3 Å². The molecule has 0 bridgehead atoms. The molecule has 0 radical (unpaired) electrons. The van der Waals surface area contributed by atoms with Gasteiger partial charge in [-0.25, -0.2) is 8.42 Å². The zero-order chi connectivity index (χ0) is 14.5. The molecule has 1 rings (SSSR count). The fourth-order valence-electron chi connectivity index (χ4n) is 2.74. The van der Waals surface area contributed by atoms with E-state index in [-0.39, 0.29) is 17.4 Å². The van der Waals surface area contributed by atoms with Gasteiger partial charge in [0.15, 0.2) is 0 Å². The molecule has 1 heterocycles. The molecule has 1 fully saturated rings. The van der Waals surface area contributed by atoms with Crippen LogP contribution in [0.5, 0.6) is 0 Å². The first-order valence-electron chi connectivity index (χ1n) is 7.03. The van der Waals surface area contributed by atoms with E-state index in [2.05, 4.69) is 11.8 Å². The van der Waals surface area contributed by atoms with E-state index in [1.54, 1.807) is 0 Å². The highest BCUT2D eigenvalue weighted by Gasteiger charge is 2.39. The summed E-state index contributed by atoms with van der Waals surface area (Å²) in [6, 6.07) is 0. The van der Waals surface area contributed by atoms with Gasteiger partial charge in [-0.15, -0.1) is 0 Å². The second kappa shape index (κ2) is 7.02. The van der Waals surface area contributed by atoms with Crippen molar-refractivity contribution in [2.24, 2.45) is 5.73 Å². The van der Waals surface area contributed by atoms with E-state index in [1.165, 1.54) is 6.26 Å². The van der Waals surface area contributed by atoms with Crippen LogP contribution in [0.1, 0.15) is 32.6 Å². The monoisotopic (exact) mass is 292 g/mol. The Bertz CT molecular complexity index is 370. The summed E-state index contributed by atoms with van der Waals surface area (Å²) in [6.45, 7) is 3.95. The van der Waals surface area contributed by atoms with Gasteiger partial charge in [0, 0.05) is 31.5 Å². The number of nitrogens with two attached hydrogens (primary N) is 1. The number of likely N-dealkylation sites (N-methyl/N-ethyl adjacent to an activating group) is 1. The first-order valence-corrected chi connectivity index (χ1v) is 9.09. The van der Waals surface area contributed by atoms with E-state index in [4.69, 9.17) is 10.5 Å². The van der Waals surface area contributed by atoms with Crippen molar-refractivity contribution in [3.63, 3.8) is 0 Å². The number of hydrogen-bond donors (Lipinski definition) is 1. The van der Waals surface area contributed by atoms with Crippen LogP contribution in [0.25, 0.3) is 0 Å². The third-order valence-corrected chi connectivity index (χ3v) is 5.05. The molecule has 6 heteroatoms. The highest BCUT2D eigenvalue weighted by atomic mass is 32.2. The summed E-state index contributed by atoms with van der Waals surface area (Å²) in [5.41, 5.74) is 5.88. The van der Waals surface area contributed by atoms with Crippen LogP contribution >= 0.6 is 0 Å². The van der Waals surface area contributed by atoms with Gasteiger partial charge < -0.3 is 10.5 Å². The van der Waals surface area contributed by atoms with Crippen LogP contribution in [0.3, 0.4) is 0 Å². The van der Waals surface area contributed by atoms with Crippen molar-refractivity contribution in [3.8, 4) is 0 Å². The van der Waals surface area contributed by atoms with E-state index in [9.17, 15) is 8.42 Å². The molecule has 1 aliphatic heterocycles. The summed E-state index contributed by atoms with van der Waals surface area (Å²) in [5, 5.41) is 0. The molecule has 0 amide bonds. The third kappa shape index (κ3) is 5.02. The van der Waals surface area contributed by atoms with E-state index in [1.807, 2.05) is 7.05 Å². The van der Waals surface area contributed by atoms with Crippen LogP contribution in [0.2, 0.25) is 0 Å². The topological polar surface area (TPSA) is 72.6 Å². The van der Waals surface area contributed by atoms with Crippen molar-refractivity contribution in [2.75, 3.05) is 38.8 Å². The maximum atomic E-state index is 11.3. The highest BCUT2D eigenvalue weighted by molar-refractivity contribution is 7.90. The minimum Gasteiger partial charge on any atom is -0.378 e. The van der Waals surface area contributed by atoms with E-state index >= 15 is 0 Å². The Hall–Kier alpha value is -0.170. The summed E-state index contributed by atoms with van der Waals surface area (Å²) in [7, 11) is -0.952. The molecule has 2 N–H and O–H groups in total. The van der Waals surface area contributed by atoms with E-state index < -0.39 is 9.84 Å². The summed E-state index contributed by atoms with van der Waals surface area (Å²) in [6.07, 6.45) is 5.45. The van der Waals surface area contributed by atoms with Crippen LogP contribution in [0.4, 0.5) is 0 Å². The molecular weight excluding hydrogens is 264 g/mol. The summed E-state index contributed by atoms with van der Waals surface area (Å²) < 4.78 is 28.4. The molecule has 1 aliphatic rings. The Morgan fingerprint density at radius 2 is 2.16 bits per heavy atom. The van der Waals surface area contributed by atoms with Crippen LogP contribution in [0.15, 0.2) is 0 Å². The minimum absolute atomic E-state index is 0.108. The smallest absolute Gasteiger partial charge is 0.148 e. The first-order chi connectivity index (χ1) is 8.83. The Kier molecular flexibility index (Phi) is 6.23. The van der Waals surface area contributed by atoms with Crippen molar-refractivity contribution < 1.29 is 13.2 Å². The van der Waals surface area contributed by atoms with Crippen LogP contribution in [-0.2, 0) is 14.6 Å². The van der Waals surface area contributed by atoms with Gasteiger partial charge in [0.1, 0.15) is 9.84 Å². The summed E-state index contributed by atoms with van der Waals surface area (Å²) in [5.74, 6) is 0.185. The molecule has 5 nitrogen and oxygen atoms in total. The quantitative estimate of drug-likeness (QED) is 0.745. The lowest BCUT2D eigenvalue weighted by molar-refractivity contribution is -0.0653. The summed E-state index contributed by atoms with van der Waals surface area (Å²) in [4.78, 5) is 2.12. The zero-order valence-electron chi connectivity index (χ0n) is 12.4. The largest absolute Gasteiger partial charge is 0.378 e. The molecule has 114 valence electrons. The van der Waals surface area contributed by atoms with Gasteiger partial charge in [0.05, 0.1) is 11.9 Å². The first kappa shape index (κ1) is 16.9. The van der Waals surface area contributed by atoms with Gasteiger partial charge >= 0.3 is 0 Å². The normalized spacial score (nSPS) is 28.8. The molecular formula is C13H28N2O3S. The SMILES string of the molecule is CCCC1CC(CN)(N(C)CCS(C)(=O)=O)CCO1. The van der Waals surface area contributed by atoms with Crippen LogP contribution in [-0.4, -0.2) is 63.7 Å². The van der Waals surface area contributed by atoms with Crippen molar-refractivity contribution in [1.29, 1.82) is 0 Å². The van der Waals surface area contributed by atoms with Gasteiger partial charge in [-0.2, -0.15) is 0 Å². The molecule has 1 saturated heterocycles. The number of nitrogens with zero attached hydrogens (tertiary/aromatic N) is 1. The van der Waals surface area contributed by atoms with Crippen molar-refractivity contribution >= 4 is 9.84 Å². The Balaban J connectivity index is 2.67. The van der Waals surface area contributed by atoms with Crippen molar-refractivity contribution in [2.45, 2.75) is 44.2 Å². The molecule has 0 aliphatic carbocycles. The van der Waals surface area contributed by atoms with Crippen molar-refractivity contribution in [3.05, 3.63) is 0 Å². The lowest BCUT2D eigenvalue weighted by Gasteiger charge is -2.46. The van der Waals surface area contributed by atoms with Gasteiger partial charge in [-0.05, 0) is 26.3 Å². The lowest BCUT2D eigenvalue weighted by atomic mass is 9.84. The summed E-state index contributed by atoms with van der Waals surface area (Å²) >= 11 is 0. The maximum absolute atomic E-state index is 11.3. The Morgan fingerprint density at radius 3 is 2.68 bits per heavy atom. The number of hydrogen-bond acceptors (Lipinski definition) is 5. The molecule has 19 heavy (non-hydrogen) atoms. The second-order valence-electron chi connectivity index (χ2n) is 5.72. The molecule has 2 unspecified atom stereocenters. The predicted molar refractivity (Wildman–Crippen MR) is 78.0 cm³/mol. The predicted octanol–water partition coefficient (Wildman–Crippen LogP) is 0.639. The van der Waals surface area contributed by atoms with E-state index in [0.29, 0.717) is 19.7 Å². The average molecular weight is 292 g/mol. The highest BCUT2D eigenvalue weighted by Crippen LogP contribution is 2.31. The van der Waals surface area contributed by atoms with Gasteiger partial charge in [0.25, 0.3) is 0 Å². The number of ether oxygens (including phenoxy) is 1. The second-order valence-corrected chi connectivity index (χ2v) is 7.98. The van der Waals surface area contributed by atoms with Crippen LogP contribution < -0.4 is 5.73 Å². The fourth-order valence-corrected chi connectivity index (χ4v) is 3.34. The molecule has 0 aromatic heterocycles. The zero-order valence-corrected chi connectivity index (χ0v) is 13.2. The maximum Gasteiger partial charge on any atom is 0.148 e. The Labute approximate surface area is 117 Å². The standard InChI is InChI=1S/C13H28N2O3S/c1-4-5-12-10-13(11-14,6-8-18-12)15(2)7-9-19(3,16)17/h12H,4-11,14H2,1-3H3. The molecule has 2 atom stereocenters. The average Bonchev–Trinajstić information content (AvgIpc) is 2.35. The third-order valence-electron chi connectivity index (χ3n) is 4.13. The molecule has 0 aromatic carbocycles.